The molecule has 0 saturated carbocycles. The quantitative estimate of drug-likeness (QED) is 0.541. The Morgan fingerprint density at radius 1 is 1.21 bits per heavy atom. The van der Waals surface area contributed by atoms with Crippen molar-refractivity contribution in [2.75, 3.05) is 37.6 Å². The van der Waals surface area contributed by atoms with Crippen LogP contribution in [-0.2, 0) is 5.75 Å². The number of nitrogens with one attached hydrogen (secondary N) is 1. The fourth-order valence-electron chi connectivity index (χ4n) is 4.78. The number of hydrogen-bond donors (Lipinski definition) is 1. The highest BCUT2D eigenvalue weighted by atomic mass is 32.2. The van der Waals surface area contributed by atoms with Crippen molar-refractivity contribution in [1.29, 1.82) is 0 Å². The number of rotatable bonds is 6. The smallest absolute Gasteiger partial charge is 0.273 e. The zero-order chi connectivity index (χ0) is 22.8. The minimum absolute atomic E-state index is 0.141. The van der Waals surface area contributed by atoms with Crippen molar-refractivity contribution in [1.82, 2.24) is 15.4 Å². The number of hydrogen-bond acceptors (Lipinski definition) is 6. The molecule has 1 amide bonds. The van der Waals surface area contributed by atoms with Gasteiger partial charge in [-0.2, -0.15) is 0 Å². The van der Waals surface area contributed by atoms with Crippen LogP contribution in [0.15, 0.2) is 57.9 Å². The second kappa shape index (κ2) is 9.61. The Bertz CT molecular complexity index is 1140. The highest BCUT2D eigenvalue weighted by Crippen LogP contribution is 2.42. The summed E-state index contributed by atoms with van der Waals surface area (Å²) < 4.78 is 5.56. The van der Waals surface area contributed by atoms with Crippen molar-refractivity contribution in [3.8, 4) is 11.3 Å². The van der Waals surface area contributed by atoms with Gasteiger partial charge in [0.15, 0.2) is 11.5 Å². The van der Waals surface area contributed by atoms with Crippen LogP contribution in [-0.4, -0.2) is 54.7 Å². The molecular formula is C26H30N4O2S. The molecule has 1 atom stereocenters. The van der Waals surface area contributed by atoms with E-state index in [1.54, 1.807) is 11.8 Å². The number of amides is 1. The molecule has 0 unspecified atom stereocenters. The molecule has 5 rings (SSSR count). The second-order valence-electron chi connectivity index (χ2n) is 8.92. The number of benzene rings is 2. The van der Waals surface area contributed by atoms with E-state index in [-0.39, 0.29) is 5.91 Å². The van der Waals surface area contributed by atoms with E-state index in [0.29, 0.717) is 24.0 Å². The largest absolute Gasteiger partial charge is 0.366 e. The van der Waals surface area contributed by atoms with E-state index in [1.165, 1.54) is 16.1 Å². The molecule has 0 bridgehead atoms. The molecule has 2 aromatic carbocycles. The Balaban J connectivity index is 1.10. The summed E-state index contributed by atoms with van der Waals surface area (Å²) in [6.45, 7) is 9.16. The zero-order valence-corrected chi connectivity index (χ0v) is 20.0. The molecule has 1 fully saturated rings. The van der Waals surface area contributed by atoms with Crippen LogP contribution < -0.4 is 10.2 Å². The summed E-state index contributed by atoms with van der Waals surface area (Å²) in [5, 5.41) is 7.15. The maximum atomic E-state index is 12.8. The number of aromatic nitrogens is 1. The van der Waals surface area contributed by atoms with E-state index in [1.807, 2.05) is 18.2 Å². The Hall–Kier alpha value is -2.77. The third-order valence-corrected chi connectivity index (χ3v) is 7.59. The average Bonchev–Trinajstić information content (AvgIpc) is 3.27. The first-order valence-corrected chi connectivity index (χ1v) is 12.6. The molecular weight excluding hydrogens is 432 g/mol. The third kappa shape index (κ3) is 4.66. The molecule has 33 heavy (non-hydrogen) atoms. The van der Waals surface area contributed by atoms with Crippen molar-refractivity contribution in [2.45, 2.75) is 37.0 Å². The molecule has 0 aliphatic carbocycles. The van der Waals surface area contributed by atoms with E-state index >= 15 is 0 Å². The third-order valence-electron chi connectivity index (χ3n) is 6.49. The number of carbonyl (C=O) groups is 1. The van der Waals surface area contributed by atoms with Gasteiger partial charge in [0.2, 0.25) is 0 Å². The highest BCUT2D eigenvalue weighted by Gasteiger charge is 2.28. The lowest BCUT2D eigenvalue weighted by molar-refractivity contribution is 0.0941. The molecule has 7 heteroatoms. The van der Waals surface area contributed by atoms with Crippen molar-refractivity contribution >= 4 is 23.4 Å². The highest BCUT2D eigenvalue weighted by molar-refractivity contribution is 7.98. The summed E-state index contributed by atoms with van der Waals surface area (Å²) in [7, 11) is 0. The fourth-order valence-corrected chi connectivity index (χ4v) is 5.84. The van der Waals surface area contributed by atoms with Gasteiger partial charge < -0.3 is 14.7 Å². The first-order valence-electron chi connectivity index (χ1n) is 11.6. The molecule has 3 aromatic rings. The van der Waals surface area contributed by atoms with Gasteiger partial charge in [-0.1, -0.05) is 29.4 Å². The number of thioether (sulfide) groups is 1. The molecule has 1 N–H and O–H groups in total. The zero-order valence-electron chi connectivity index (χ0n) is 19.2. The predicted molar refractivity (Wildman–Crippen MR) is 133 cm³/mol. The van der Waals surface area contributed by atoms with Crippen LogP contribution in [0.3, 0.4) is 0 Å². The van der Waals surface area contributed by atoms with Crippen LogP contribution in [0.1, 0.15) is 35.0 Å². The lowest BCUT2D eigenvalue weighted by atomic mass is 10.1. The van der Waals surface area contributed by atoms with Crippen molar-refractivity contribution in [3.05, 3.63) is 65.4 Å². The topological polar surface area (TPSA) is 61.6 Å². The SMILES string of the molecule is Cc1cccc(N2CCN(CCCNC(=O)c3noc4c3CSc3ccccc3-4)C[C@@H]2C)c1. The molecule has 1 saturated heterocycles. The number of anilines is 1. The summed E-state index contributed by atoms with van der Waals surface area (Å²) in [5.41, 5.74) is 4.96. The van der Waals surface area contributed by atoms with Crippen LogP contribution in [0.25, 0.3) is 11.3 Å². The fraction of sp³-hybridized carbons (Fsp3) is 0.385. The van der Waals surface area contributed by atoms with Crippen LogP contribution >= 0.6 is 11.8 Å². The van der Waals surface area contributed by atoms with Gasteiger partial charge in [-0.15, -0.1) is 11.8 Å². The summed E-state index contributed by atoms with van der Waals surface area (Å²) in [4.78, 5) is 18.9. The van der Waals surface area contributed by atoms with Crippen molar-refractivity contribution in [2.24, 2.45) is 0 Å². The average molecular weight is 463 g/mol. The van der Waals surface area contributed by atoms with E-state index in [0.717, 1.165) is 49.5 Å². The maximum Gasteiger partial charge on any atom is 0.273 e. The first-order chi connectivity index (χ1) is 16.1. The van der Waals surface area contributed by atoms with Gasteiger partial charge in [0.05, 0.1) is 0 Å². The Labute approximate surface area is 199 Å². The van der Waals surface area contributed by atoms with Gasteiger partial charge in [0, 0.05) is 59.7 Å². The second-order valence-corrected chi connectivity index (χ2v) is 9.93. The maximum absolute atomic E-state index is 12.8. The van der Waals surface area contributed by atoms with Crippen molar-refractivity contribution in [3.63, 3.8) is 0 Å². The molecule has 172 valence electrons. The Kier molecular flexibility index (Phi) is 6.42. The monoisotopic (exact) mass is 462 g/mol. The molecule has 6 nitrogen and oxygen atoms in total. The summed E-state index contributed by atoms with van der Waals surface area (Å²) >= 11 is 1.72. The molecule has 3 heterocycles. The molecule has 0 spiro atoms. The van der Waals surface area contributed by atoms with Gasteiger partial charge in [-0.25, -0.2) is 0 Å². The normalized spacial score (nSPS) is 18.0. The number of carbonyl (C=O) groups excluding carboxylic acids is 1. The van der Waals surface area contributed by atoms with Crippen LogP contribution in [0.2, 0.25) is 0 Å². The lowest BCUT2D eigenvalue weighted by Gasteiger charge is -2.41. The number of aryl methyl sites for hydroxylation is 1. The summed E-state index contributed by atoms with van der Waals surface area (Å²) in [6, 6.07) is 17.3. The lowest BCUT2D eigenvalue weighted by Crippen LogP contribution is -2.52. The van der Waals surface area contributed by atoms with Gasteiger partial charge in [-0.3, -0.25) is 9.69 Å². The van der Waals surface area contributed by atoms with Crippen LogP contribution in [0, 0.1) is 6.92 Å². The van der Waals surface area contributed by atoms with Crippen LogP contribution in [0.4, 0.5) is 5.69 Å². The van der Waals surface area contributed by atoms with E-state index in [4.69, 9.17) is 4.52 Å². The summed E-state index contributed by atoms with van der Waals surface area (Å²) in [5.74, 6) is 1.30. The van der Waals surface area contributed by atoms with Gasteiger partial charge in [0.1, 0.15) is 0 Å². The van der Waals surface area contributed by atoms with Gasteiger partial charge in [0.25, 0.3) is 5.91 Å². The summed E-state index contributed by atoms with van der Waals surface area (Å²) in [6.07, 6.45) is 0.917. The van der Waals surface area contributed by atoms with Crippen LogP contribution in [0.5, 0.6) is 0 Å². The van der Waals surface area contributed by atoms with E-state index < -0.39 is 0 Å². The molecule has 2 aliphatic rings. The predicted octanol–water partition coefficient (Wildman–Crippen LogP) is 4.59. The number of piperazine rings is 1. The molecule has 0 radical (unpaired) electrons. The molecule has 2 aliphatic heterocycles. The molecule has 1 aromatic heterocycles. The first kappa shape index (κ1) is 22.0. The van der Waals surface area contributed by atoms with E-state index in [2.05, 4.69) is 64.5 Å². The number of fused-ring (bicyclic) bond motifs is 3. The Morgan fingerprint density at radius 2 is 2.09 bits per heavy atom. The van der Waals surface area contributed by atoms with Gasteiger partial charge >= 0.3 is 0 Å². The minimum Gasteiger partial charge on any atom is -0.366 e. The van der Waals surface area contributed by atoms with Crippen molar-refractivity contribution < 1.29 is 9.32 Å². The minimum atomic E-state index is -0.141. The van der Waals surface area contributed by atoms with E-state index in [9.17, 15) is 4.79 Å². The number of nitrogens with zero attached hydrogens (tertiary/aromatic N) is 3. The standard InChI is InChI=1S/C26H30N4O2S/c1-18-7-5-8-20(15-18)30-14-13-29(16-19(30)2)12-6-11-27-26(31)24-22-17-33-23-10-4-3-9-21(23)25(22)32-28-24/h3-5,7-10,15,19H,6,11-14,16-17H2,1-2H3,(H,27,31)/t19-/m0/s1. The van der Waals surface area contributed by atoms with Gasteiger partial charge in [-0.05, 0) is 56.6 Å². The Morgan fingerprint density at radius 3 is 2.94 bits per heavy atom.